The van der Waals surface area contributed by atoms with Crippen molar-refractivity contribution in [3.8, 4) is 11.5 Å². The first-order valence-electron chi connectivity index (χ1n) is 12.6. The number of morpholine rings is 1. The first-order valence-corrected chi connectivity index (χ1v) is 13.5. The molecular formula is C28H36N4O4S. The molecule has 8 nitrogen and oxygen atoms in total. The van der Waals surface area contributed by atoms with Crippen LogP contribution in [0.25, 0.3) is 0 Å². The molecule has 1 aliphatic rings. The van der Waals surface area contributed by atoms with E-state index in [1.165, 1.54) is 16.9 Å². The van der Waals surface area contributed by atoms with E-state index in [1.54, 1.807) is 14.2 Å². The summed E-state index contributed by atoms with van der Waals surface area (Å²) in [6, 6.07) is 16.4. The lowest BCUT2D eigenvalue weighted by Crippen LogP contribution is -2.41. The summed E-state index contributed by atoms with van der Waals surface area (Å²) in [5.41, 5.74) is 2.74. The van der Waals surface area contributed by atoms with Crippen molar-refractivity contribution < 1.29 is 19.0 Å². The van der Waals surface area contributed by atoms with Gasteiger partial charge in [0, 0.05) is 55.8 Å². The Bertz CT molecular complexity index is 1130. The third-order valence-electron chi connectivity index (χ3n) is 6.64. The average Bonchev–Trinajstić information content (AvgIpc) is 3.42. The molecular weight excluding hydrogens is 488 g/mol. The van der Waals surface area contributed by atoms with Crippen LogP contribution in [0.15, 0.2) is 53.9 Å². The van der Waals surface area contributed by atoms with E-state index in [1.807, 2.05) is 29.6 Å². The van der Waals surface area contributed by atoms with E-state index in [2.05, 4.69) is 51.3 Å². The molecule has 198 valence electrons. The lowest BCUT2D eigenvalue weighted by molar-refractivity contribution is 0.0383. The van der Waals surface area contributed by atoms with E-state index in [9.17, 15) is 4.79 Å². The lowest BCUT2D eigenvalue weighted by atomic mass is 10.1. The maximum Gasteiger partial charge on any atom is 0.270 e. The average molecular weight is 525 g/mol. The number of nitrogens with one attached hydrogen (secondary N) is 1. The van der Waals surface area contributed by atoms with Gasteiger partial charge < -0.3 is 19.5 Å². The number of amides is 1. The minimum atomic E-state index is -0.129. The molecule has 0 bridgehead atoms. The second-order valence-electron chi connectivity index (χ2n) is 9.01. The van der Waals surface area contributed by atoms with Crippen LogP contribution in [-0.2, 0) is 17.8 Å². The minimum absolute atomic E-state index is 0.128. The molecule has 1 amide bonds. The van der Waals surface area contributed by atoms with Gasteiger partial charge in [0.15, 0.2) is 0 Å². The standard InChI is InChI=1S/C28H36N4O4S/c1-21(22-7-5-4-6-8-22)32(18-23-9-10-24(34-2)17-26(23)35-3)19-27-30-25(20-37-27)28(33)29-11-12-31-13-15-36-16-14-31/h4-10,17,20-21H,11-16,18-19H2,1-3H3,(H,29,33). The number of carbonyl (C=O) groups is 1. The summed E-state index contributed by atoms with van der Waals surface area (Å²) in [6.45, 7) is 8.20. The highest BCUT2D eigenvalue weighted by Gasteiger charge is 2.21. The second-order valence-corrected chi connectivity index (χ2v) is 9.95. The largest absolute Gasteiger partial charge is 0.497 e. The molecule has 3 aromatic rings. The van der Waals surface area contributed by atoms with E-state index in [4.69, 9.17) is 14.2 Å². The molecule has 9 heteroatoms. The fourth-order valence-corrected chi connectivity index (χ4v) is 5.18. The molecule has 0 spiro atoms. The van der Waals surface area contributed by atoms with Gasteiger partial charge in [-0.05, 0) is 18.6 Å². The van der Waals surface area contributed by atoms with Gasteiger partial charge in [-0.3, -0.25) is 14.6 Å². The number of aromatic nitrogens is 1. The van der Waals surface area contributed by atoms with E-state index in [-0.39, 0.29) is 11.9 Å². The summed E-state index contributed by atoms with van der Waals surface area (Å²) in [6.07, 6.45) is 0. The van der Waals surface area contributed by atoms with Crippen LogP contribution in [0, 0.1) is 0 Å². The van der Waals surface area contributed by atoms with Crippen molar-refractivity contribution in [1.82, 2.24) is 20.1 Å². The Morgan fingerprint density at radius 2 is 1.92 bits per heavy atom. The highest BCUT2D eigenvalue weighted by molar-refractivity contribution is 7.09. The smallest absolute Gasteiger partial charge is 0.270 e. The molecule has 2 heterocycles. The number of carbonyl (C=O) groups excluding carboxylic acids is 1. The molecule has 1 N–H and O–H groups in total. The van der Waals surface area contributed by atoms with Crippen molar-refractivity contribution in [2.24, 2.45) is 0 Å². The molecule has 0 saturated carbocycles. The number of thiazole rings is 1. The van der Waals surface area contributed by atoms with Crippen LogP contribution in [0.2, 0.25) is 0 Å². The molecule has 0 radical (unpaired) electrons. The van der Waals surface area contributed by atoms with Gasteiger partial charge in [-0.1, -0.05) is 36.4 Å². The molecule has 1 unspecified atom stereocenters. The maximum absolute atomic E-state index is 12.7. The zero-order valence-corrected chi connectivity index (χ0v) is 22.6. The molecule has 0 aliphatic carbocycles. The van der Waals surface area contributed by atoms with Crippen molar-refractivity contribution in [3.63, 3.8) is 0 Å². The highest BCUT2D eigenvalue weighted by atomic mass is 32.1. The van der Waals surface area contributed by atoms with Crippen molar-refractivity contribution in [3.05, 3.63) is 75.7 Å². The van der Waals surface area contributed by atoms with Crippen molar-refractivity contribution >= 4 is 17.2 Å². The predicted molar refractivity (Wildman–Crippen MR) is 145 cm³/mol. The van der Waals surface area contributed by atoms with Crippen LogP contribution in [0.4, 0.5) is 0 Å². The van der Waals surface area contributed by atoms with Crippen molar-refractivity contribution in [1.29, 1.82) is 0 Å². The van der Waals surface area contributed by atoms with Gasteiger partial charge in [0.2, 0.25) is 0 Å². The molecule has 1 atom stereocenters. The summed E-state index contributed by atoms with van der Waals surface area (Å²) < 4.78 is 16.4. The molecule has 2 aromatic carbocycles. The van der Waals surface area contributed by atoms with E-state index in [0.717, 1.165) is 54.9 Å². The third-order valence-corrected chi connectivity index (χ3v) is 7.47. The maximum atomic E-state index is 12.7. The SMILES string of the molecule is COc1ccc(CN(Cc2nc(C(=O)NCCN3CCOCC3)cs2)C(C)c2ccccc2)c(OC)c1. The fourth-order valence-electron chi connectivity index (χ4n) is 4.38. The van der Waals surface area contributed by atoms with Crippen molar-refractivity contribution in [2.45, 2.75) is 26.1 Å². The van der Waals surface area contributed by atoms with Crippen LogP contribution in [0.5, 0.6) is 11.5 Å². The van der Waals surface area contributed by atoms with Crippen LogP contribution in [-0.4, -0.2) is 74.3 Å². The Morgan fingerprint density at radius 3 is 2.65 bits per heavy atom. The van der Waals surface area contributed by atoms with Crippen LogP contribution < -0.4 is 14.8 Å². The number of hydrogen-bond acceptors (Lipinski definition) is 8. The van der Waals surface area contributed by atoms with Gasteiger partial charge in [-0.2, -0.15) is 0 Å². The molecule has 4 rings (SSSR count). The Balaban J connectivity index is 1.45. The number of nitrogens with zero attached hydrogens (tertiary/aromatic N) is 3. The Labute approximate surface area is 223 Å². The third kappa shape index (κ3) is 7.52. The van der Waals surface area contributed by atoms with E-state index >= 15 is 0 Å². The number of hydrogen-bond donors (Lipinski definition) is 1. The summed E-state index contributed by atoms with van der Waals surface area (Å²) >= 11 is 1.52. The minimum Gasteiger partial charge on any atom is -0.497 e. The fraction of sp³-hybridized carbons (Fsp3) is 0.429. The second kappa shape index (κ2) is 13.5. The van der Waals surface area contributed by atoms with Gasteiger partial charge in [0.25, 0.3) is 5.91 Å². The first kappa shape index (κ1) is 27.1. The van der Waals surface area contributed by atoms with Gasteiger partial charge >= 0.3 is 0 Å². The summed E-state index contributed by atoms with van der Waals surface area (Å²) in [5.74, 6) is 1.41. The number of methoxy groups -OCH3 is 2. The van der Waals surface area contributed by atoms with E-state index in [0.29, 0.717) is 25.3 Å². The van der Waals surface area contributed by atoms with Crippen LogP contribution in [0.1, 0.15) is 39.6 Å². The van der Waals surface area contributed by atoms with E-state index < -0.39 is 0 Å². The van der Waals surface area contributed by atoms with Gasteiger partial charge in [0.1, 0.15) is 22.2 Å². The topological polar surface area (TPSA) is 76.2 Å². The first-order chi connectivity index (χ1) is 18.1. The highest BCUT2D eigenvalue weighted by Crippen LogP contribution is 2.30. The monoisotopic (exact) mass is 524 g/mol. The predicted octanol–water partition coefficient (Wildman–Crippen LogP) is 3.99. The molecule has 1 fully saturated rings. The van der Waals surface area contributed by atoms with Crippen molar-refractivity contribution in [2.75, 3.05) is 53.6 Å². The summed E-state index contributed by atoms with van der Waals surface area (Å²) in [7, 11) is 3.32. The zero-order valence-electron chi connectivity index (χ0n) is 21.8. The van der Waals surface area contributed by atoms with Gasteiger partial charge in [-0.25, -0.2) is 4.98 Å². The Hall–Kier alpha value is -2.98. The zero-order chi connectivity index (χ0) is 26.0. The Morgan fingerprint density at radius 1 is 1.14 bits per heavy atom. The van der Waals surface area contributed by atoms with Gasteiger partial charge in [-0.15, -0.1) is 11.3 Å². The molecule has 37 heavy (non-hydrogen) atoms. The Kier molecular flexibility index (Phi) is 9.90. The van der Waals surface area contributed by atoms with Crippen LogP contribution in [0.3, 0.4) is 0 Å². The van der Waals surface area contributed by atoms with Gasteiger partial charge in [0.05, 0.1) is 34.0 Å². The van der Waals surface area contributed by atoms with Crippen LogP contribution >= 0.6 is 11.3 Å². The summed E-state index contributed by atoms with van der Waals surface area (Å²) in [5, 5.41) is 5.75. The quantitative estimate of drug-likeness (QED) is 0.384. The summed E-state index contributed by atoms with van der Waals surface area (Å²) in [4.78, 5) is 22.1. The normalized spacial score (nSPS) is 14.9. The molecule has 1 saturated heterocycles. The number of ether oxygens (including phenoxy) is 3. The number of benzene rings is 2. The lowest BCUT2D eigenvalue weighted by Gasteiger charge is -2.29. The molecule has 1 aromatic heterocycles. The molecule has 1 aliphatic heterocycles. The number of rotatable bonds is 12.